The first-order chi connectivity index (χ1) is 9.56. The van der Waals surface area contributed by atoms with Gasteiger partial charge in [-0.3, -0.25) is 9.59 Å². The van der Waals surface area contributed by atoms with Crippen molar-refractivity contribution in [2.24, 2.45) is 0 Å². The van der Waals surface area contributed by atoms with E-state index in [4.69, 9.17) is 4.74 Å². The molecule has 0 spiro atoms. The molecule has 0 saturated carbocycles. The van der Waals surface area contributed by atoms with E-state index >= 15 is 0 Å². The van der Waals surface area contributed by atoms with Gasteiger partial charge in [-0.05, 0) is 37.1 Å². The van der Waals surface area contributed by atoms with Crippen LogP contribution in [0.3, 0.4) is 0 Å². The van der Waals surface area contributed by atoms with Crippen molar-refractivity contribution < 1.29 is 18.7 Å². The van der Waals surface area contributed by atoms with E-state index in [2.05, 4.69) is 5.32 Å². The predicted octanol–water partition coefficient (Wildman–Crippen LogP) is 1.40. The van der Waals surface area contributed by atoms with Crippen LogP contribution in [0.5, 0.6) is 0 Å². The van der Waals surface area contributed by atoms with Gasteiger partial charge in [-0.2, -0.15) is 0 Å². The van der Waals surface area contributed by atoms with Crippen LogP contribution < -0.4 is 5.32 Å². The highest BCUT2D eigenvalue weighted by Gasteiger charge is 2.27. The maximum Gasteiger partial charge on any atom is 0.251 e. The monoisotopic (exact) mass is 280 g/mol. The Kier molecular flexibility index (Phi) is 4.68. The van der Waals surface area contributed by atoms with Crippen LogP contribution in [-0.4, -0.2) is 43.0 Å². The molecule has 1 N–H and O–H groups in total. The van der Waals surface area contributed by atoms with E-state index in [1.165, 1.54) is 29.2 Å². The van der Waals surface area contributed by atoms with Crippen LogP contribution in [0.2, 0.25) is 0 Å². The first-order valence-corrected chi connectivity index (χ1v) is 6.48. The van der Waals surface area contributed by atoms with E-state index in [0.717, 1.165) is 6.42 Å². The highest BCUT2D eigenvalue weighted by atomic mass is 19.1. The summed E-state index contributed by atoms with van der Waals surface area (Å²) in [5.41, 5.74) is 0.495. The maximum absolute atomic E-state index is 12.7. The van der Waals surface area contributed by atoms with Gasteiger partial charge in [-0.1, -0.05) is 0 Å². The average molecular weight is 280 g/mol. The number of carbonyl (C=O) groups excluding carboxylic acids is 2. The highest BCUT2D eigenvalue weighted by molar-refractivity contribution is 5.95. The summed E-state index contributed by atoms with van der Waals surface area (Å²) in [5.74, 6) is -0.879. The molecule has 108 valence electrons. The molecule has 1 fully saturated rings. The molecule has 1 aliphatic rings. The molecule has 0 bridgehead atoms. The summed E-state index contributed by atoms with van der Waals surface area (Å²) < 4.78 is 18.0. The predicted molar refractivity (Wildman–Crippen MR) is 71.6 cm³/mol. The number of benzene rings is 1. The van der Waals surface area contributed by atoms with Gasteiger partial charge < -0.3 is 15.0 Å². The minimum absolute atomic E-state index is 0.0595. The number of ether oxygens (including phenoxy) is 1. The summed E-state index contributed by atoms with van der Waals surface area (Å²) in [6.07, 6.45) is 1.13. The molecule has 6 heteroatoms. The second-order valence-corrected chi connectivity index (χ2v) is 4.75. The molecular weight excluding hydrogens is 263 g/mol. The van der Waals surface area contributed by atoms with Crippen LogP contribution in [-0.2, 0) is 14.3 Å². The third-order valence-corrected chi connectivity index (χ3v) is 3.09. The number of hydrogen-bond donors (Lipinski definition) is 1. The molecule has 1 saturated heterocycles. The molecule has 5 nitrogen and oxygen atoms in total. The van der Waals surface area contributed by atoms with Crippen molar-refractivity contribution in [3.8, 4) is 0 Å². The van der Waals surface area contributed by atoms with Crippen LogP contribution in [0.4, 0.5) is 10.1 Å². The molecule has 0 aromatic heterocycles. The highest BCUT2D eigenvalue weighted by Crippen LogP contribution is 2.14. The average Bonchev–Trinajstić information content (AvgIpc) is 2.94. The lowest BCUT2D eigenvalue weighted by Crippen LogP contribution is -2.40. The molecule has 1 atom stereocenters. The first kappa shape index (κ1) is 14.5. The Morgan fingerprint density at radius 1 is 1.40 bits per heavy atom. The lowest BCUT2D eigenvalue weighted by molar-refractivity contribution is -0.141. The van der Waals surface area contributed by atoms with Crippen molar-refractivity contribution in [1.82, 2.24) is 4.90 Å². The molecular formula is C14H17FN2O3. The van der Waals surface area contributed by atoms with E-state index in [0.29, 0.717) is 18.7 Å². The van der Waals surface area contributed by atoms with Crippen molar-refractivity contribution in [2.75, 3.05) is 25.5 Å². The fourth-order valence-electron chi connectivity index (χ4n) is 2.05. The van der Waals surface area contributed by atoms with Gasteiger partial charge in [-0.15, -0.1) is 0 Å². The van der Waals surface area contributed by atoms with Crippen LogP contribution in [0, 0.1) is 5.82 Å². The van der Waals surface area contributed by atoms with Crippen molar-refractivity contribution in [3.63, 3.8) is 0 Å². The van der Waals surface area contributed by atoms with Gasteiger partial charge in [0, 0.05) is 19.3 Å². The van der Waals surface area contributed by atoms with Crippen molar-refractivity contribution in [1.29, 1.82) is 0 Å². The van der Waals surface area contributed by atoms with Gasteiger partial charge >= 0.3 is 0 Å². The van der Waals surface area contributed by atoms with Crippen LogP contribution >= 0.6 is 0 Å². The Hall–Kier alpha value is -1.95. The van der Waals surface area contributed by atoms with E-state index < -0.39 is 6.10 Å². The fraction of sp³-hybridized carbons (Fsp3) is 0.429. The number of hydrogen-bond acceptors (Lipinski definition) is 3. The van der Waals surface area contributed by atoms with E-state index in [1.54, 1.807) is 7.05 Å². The van der Waals surface area contributed by atoms with Gasteiger partial charge in [-0.25, -0.2) is 4.39 Å². The third kappa shape index (κ3) is 3.77. The minimum Gasteiger partial charge on any atom is -0.368 e. The number of likely N-dealkylation sites (N-methyl/N-ethyl adjacent to an activating group) is 1. The Labute approximate surface area is 116 Å². The summed E-state index contributed by atoms with van der Waals surface area (Å²) in [4.78, 5) is 25.1. The summed E-state index contributed by atoms with van der Waals surface area (Å²) in [6, 6.07) is 5.46. The molecule has 2 rings (SSSR count). The van der Waals surface area contributed by atoms with Crippen molar-refractivity contribution >= 4 is 17.5 Å². The quantitative estimate of drug-likeness (QED) is 0.907. The zero-order valence-electron chi connectivity index (χ0n) is 11.3. The topological polar surface area (TPSA) is 58.6 Å². The number of halogens is 1. The Balaban J connectivity index is 1.84. The zero-order valence-corrected chi connectivity index (χ0v) is 11.3. The van der Waals surface area contributed by atoms with Gasteiger partial charge in [0.2, 0.25) is 5.91 Å². The van der Waals surface area contributed by atoms with Crippen molar-refractivity contribution in [3.05, 3.63) is 30.1 Å². The Morgan fingerprint density at radius 2 is 2.10 bits per heavy atom. The molecule has 1 aromatic rings. The summed E-state index contributed by atoms with van der Waals surface area (Å²) in [5, 5.41) is 2.61. The summed E-state index contributed by atoms with van der Waals surface area (Å²) in [6.45, 7) is 0.530. The maximum atomic E-state index is 12.7. The van der Waals surface area contributed by atoms with Gasteiger partial charge in [0.1, 0.15) is 11.9 Å². The molecule has 1 aromatic carbocycles. The Bertz CT molecular complexity index is 484. The molecule has 1 heterocycles. The van der Waals surface area contributed by atoms with E-state index in [9.17, 15) is 14.0 Å². The minimum atomic E-state index is -0.432. The summed E-state index contributed by atoms with van der Waals surface area (Å²) in [7, 11) is 1.56. The second kappa shape index (κ2) is 6.47. The number of carbonyl (C=O) groups is 2. The standard InChI is InChI=1S/C14H17FN2O3/c1-17(14(19)12-3-2-8-20-12)9-13(18)16-11-6-4-10(15)5-7-11/h4-7,12H,2-3,8-9H2,1H3,(H,16,18)/t12-/m1/s1. The fourth-order valence-corrected chi connectivity index (χ4v) is 2.05. The van der Waals surface area contributed by atoms with Crippen LogP contribution in [0.15, 0.2) is 24.3 Å². The van der Waals surface area contributed by atoms with E-state index in [-0.39, 0.29) is 24.2 Å². The number of anilines is 1. The lowest BCUT2D eigenvalue weighted by atomic mass is 10.2. The smallest absolute Gasteiger partial charge is 0.251 e. The van der Waals surface area contributed by atoms with Gasteiger partial charge in [0.05, 0.1) is 6.54 Å². The molecule has 2 amide bonds. The molecule has 0 radical (unpaired) electrons. The second-order valence-electron chi connectivity index (χ2n) is 4.75. The first-order valence-electron chi connectivity index (χ1n) is 6.48. The molecule has 1 aliphatic heterocycles. The van der Waals surface area contributed by atoms with Crippen molar-refractivity contribution in [2.45, 2.75) is 18.9 Å². The number of nitrogens with one attached hydrogen (secondary N) is 1. The molecule has 20 heavy (non-hydrogen) atoms. The number of rotatable bonds is 4. The van der Waals surface area contributed by atoms with Crippen LogP contribution in [0.25, 0.3) is 0 Å². The zero-order chi connectivity index (χ0) is 14.5. The Morgan fingerprint density at radius 3 is 2.70 bits per heavy atom. The number of amides is 2. The molecule has 0 aliphatic carbocycles. The lowest BCUT2D eigenvalue weighted by Gasteiger charge is -2.20. The van der Waals surface area contributed by atoms with Gasteiger partial charge in [0.25, 0.3) is 5.91 Å². The summed E-state index contributed by atoms with van der Waals surface area (Å²) >= 11 is 0. The third-order valence-electron chi connectivity index (χ3n) is 3.09. The number of nitrogens with zero attached hydrogens (tertiary/aromatic N) is 1. The normalized spacial score (nSPS) is 17.8. The van der Waals surface area contributed by atoms with Gasteiger partial charge in [0.15, 0.2) is 0 Å². The molecule has 0 unspecified atom stereocenters. The van der Waals surface area contributed by atoms with Crippen LogP contribution in [0.1, 0.15) is 12.8 Å². The largest absolute Gasteiger partial charge is 0.368 e. The van der Waals surface area contributed by atoms with E-state index in [1.807, 2.05) is 0 Å². The SMILES string of the molecule is CN(CC(=O)Nc1ccc(F)cc1)C(=O)[C@H]1CCCO1.